The molecule has 1 heterocycles. The van der Waals surface area contributed by atoms with Gasteiger partial charge in [-0.3, -0.25) is 0 Å². The zero-order chi connectivity index (χ0) is 14.1. The SMILES string of the molecule is CCCNC(CC)(CO)CCCN1CCCC(C)C1. The van der Waals surface area contributed by atoms with Crippen LogP contribution in [-0.4, -0.2) is 48.3 Å². The van der Waals surface area contributed by atoms with E-state index in [1.165, 1.54) is 38.9 Å². The Morgan fingerprint density at radius 3 is 2.74 bits per heavy atom. The van der Waals surface area contributed by atoms with E-state index in [4.69, 9.17) is 0 Å². The van der Waals surface area contributed by atoms with E-state index in [2.05, 4.69) is 31.0 Å². The third kappa shape index (κ3) is 5.80. The number of aliphatic hydroxyl groups excluding tert-OH is 1. The van der Waals surface area contributed by atoms with Crippen molar-refractivity contribution in [2.75, 3.05) is 32.8 Å². The number of likely N-dealkylation sites (tertiary alicyclic amines) is 1. The zero-order valence-electron chi connectivity index (χ0n) is 13.2. The van der Waals surface area contributed by atoms with Crippen molar-refractivity contribution in [3.05, 3.63) is 0 Å². The van der Waals surface area contributed by atoms with Gasteiger partial charge >= 0.3 is 0 Å². The lowest BCUT2D eigenvalue weighted by atomic mass is 9.90. The van der Waals surface area contributed by atoms with Gasteiger partial charge in [-0.05, 0) is 64.1 Å². The molecule has 0 aliphatic carbocycles. The lowest BCUT2D eigenvalue weighted by Crippen LogP contribution is -2.49. The minimum Gasteiger partial charge on any atom is -0.394 e. The Bertz CT molecular complexity index is 229. The van der Waals surface area contributed by atoms with Crippen LogP contribution in [0.1, 0.15) is 59.3 Å². The Balaban J connectivity index is 2.30. The summed E-state index contributed by atoms with van der Waals surface area (Å²) in [4.78, 5) is 2.60. The van der Waals surface area contributed by atoms with Crippen LogP contribution in [0.3, 0.4) is 0 Å². The first-order chi connectivity index (χ1) is 9.15. The quantitative estimate of drug-likeness (QED) is 0.676. The van der Waals surface area contributed by atoms with Crippen LogP contribution in [0.15, 0.2) is 0 Å². The van der Waals surface area contributed by atoms with Crippen molar-refractivity contribution >= 4 is 0 Å². The smallest absolute Gasteiger partial charge is 0.0613 e. The van der Waals surface area contributed by atoms with Crippen molar-refractivity contribution in [3.8, 4) is 0 Å². The van der Waals surface area contributed by atoms with E-state index < -0.39 is 0 Å². The summed E-state index contributed by atoms with van der Waals surface area (Å²) in [5.41, 5.74) is -0.0442. The summed E-state index contributed by atoms with van der Waals surface area (Å²) in [6.07, 6.45) is 7.17. The minimum absolute atomic E-state index is 0.0442. The van der Waals surface area contributed by atoms with Gasteiger partial charge in [-0.2, -0.15) is 0 Å². The Morgan fingerprint density at radius 2 is 2.16 bits per heavy atom. The van der Waals surface area contributed by atoms with Crippen molar-refractivity contribution in [2.24, 2.45) is 5.92 Å². The second-order valence-electron chi connectivity index (χ2n) is 6.37. The van der Waals surface area contributed by atoms with E-state index in [9.17, 15) is 5.11 Å². The normalized spacial score (nSPS) is 24.3. The Labute approximate surface area is 119 Å². The molecule has 19 heavy (non-hydrogen) atoms. The van der Waals surface area contributed by atoms with Gasteiger partial charge in [-0.1, -0.05) is 20.8 Å². The van der Waals surface area contributed by atoms with Gasteiger partial charge in [-0.25, -0.2) is 0 Å². The molecule has 2 unspecified atom stereocenters. The molecule has 114 valence electrons. The highest BCUT2D eigenvalue weighted by molar-refractivity contribution is 4.86. The summed E-state index contributed by atoms with van der Waals surface area (Å²) in [6, 6.07) is 0. The average molecular weight is 270 g/mol. The molecule has 2 N–H and O–H groups in total. The number of hydrogen-bond donors (Lipinski definition) is 2. The molecule has 1 saturated heterocycles. The van der Waals surface area contributed by atoms with Crippen LogP contribution in [0.4, 0.5) is 0 Å². The minimum atomic E-state index is -0.0442. The summed E-state index contributed by atoms with van der Waals surface area (Å²) in [5.74, 6) is 0.862. The Kier molecular flexibility index (Phi) is 7.96. The molecule has 1 aliphatic heterocycles. The van der Waals surface area contributed by atoms with Crippen LogP contribution in [0.25, 0.3) is 0 Å². The van der Waals surface area contributed by atoms with Gasteiger partial charge in [0, 0.05) is 12.1 Å². The molecular formula is C16H34N2O. The van der Waals surface area contributed by atoms with E-state index in [0.717, 1.165) is 31.7 Å². The van der Waals surface area contributed by atoms with Crippen LogP contribution in [-0.2, 0) is 0 Å². The van der Waals surface area contributed by atoms with Crippen molar-refractivity contribution in [1.29, 1.82) is 0 Å². The van der Waals surface area contributed by atoms with Gasteiger partial charge < -0.3 is 15.3 Å². The number of nitrogens with zero attached hydrogens (tertiary/aromatic N) is 1. The monoisotopic (exact) mass is 270 g/mol. The fraction of sp³-hybridized carbons (Fsp3) is 1.00. The van der Waals surface area contributed by atoms with Crippen LogP contribution in [0, 0.1) is 5.92 Å². The van der Waals surface area contributed by atoms with Gasteiger partial charge in [0.2, 0.25) is 0 Å². The van der Waals surface area contributed by atoms with Gasteiger partial charge in [-0.15, -0.1) is 0 Å². The maximum Gasteiger partial charge on any atom is 0.0613 e. The van der Waals surface area contributed by atoms with E-state index in [1.807, 2.05) is 0 Å². The predicted molar refractivity (Wildman–Crippen MR) is 82.5 cm³/mol. The predicted octanol–water partition coefficient (Wildman–Crippen LogP) is 2.64. The molecule has 1 aliphatic rings. The van der Waals surface area contributed by atoms with E-state index >= 15 is 0 Å². The molecule has 0 amide bonds. The van der Waals surface area contributed by atoms with E-state index in [-0.39, 0.29) is 12.1 Å². The molecular weight excluding hydrogens is 236 g/mol. The Morgan fingerprint density at radius 1 is 1.37 bits per heavy atom. The lowest BCUT2D eigenvalue weighted by molar-refractivity contribution is 0.130. The van der Waals surface area contributed by atoms with Crippen LogP contribution >= 0.6 is 0 Å². The molecule has 1 rings (SSSR count). The molecule has 2 atom stereocenters. The maximum absolute atomic E-state index is 9.71. The van der Waals surface area contributed by atoms with Crippen LogP contribution in [0.5, 0.6) is 0 Å². The van der Waals surface area contributed by atoms with Crippen LogP contribution < -0.4 is 5.32 Å². The van der Waals surface area contributed by atoms with Gasteiger partial charge in [0.1, 0.15) is 0 Å². The molecule has 0 radical (unpaired) electrons. The third-order valence-electron chi connectivity index (χ3n) is 4.60. The topological polar surface area (TPSA) is 35.5 Å². The highest BCUT2D eigenvalue weighted by Gasteiger charge is 2.26. The first-order valence-corrected chi connectivity index (χ1v) is 8.24. The average Bonchev–Trinajstić information content (AvgIpc) is 2.43. The summed E-state index contributed by atoms with van der Waals surface area (Å²) in [6.45, 7) is 11.7. The van der Waals surface area contributed by atoms with Crippen molar-refractivity contribution in [1.82, 2.24) is 10.2 Å². The van der Waals surface area contributed by atoms with Crippen LogP contribution in [0.2, 0.25) is 0 Å². The number of piperidine rings is 1. The summed E-state index contributed by atoms with van der Waals surface area (Å²) in [5, 5.41) is 13.3. The van der Waals surface area contributed by atoms with Crippen molar-refractivity contribution in [2.45, 2.75) is 64.8 Å². The highest BCUT2D eigenvalue weighted by Crippen LogP contribution is 2.20. The van der Waals surface area contributed by atoms with Crippen molar-refractivity contribution < 1.29 is 5.11 Å². The summed E-state index contributed by atoms with van der Waals surface area (Å²) < 4.78 is 0. The maximum atomic E-state index is 9.71. The molecule has 0 saturated carbocycles. The standard InChI is InChI=1S/C16H34N2O/c1-4-10-17-16(5-2,14-19)9-7-12-18-11-6-8-15(3)13-18/h15,17,19H,4-14H2,1-3H3. The van der Waals surface area contributed by atoms with E-state index in [0.29, 0.717) is 0 Å². The molecule has 0 spiro atoms. The number of nitrogens with one attached hydrogen (secondary N) is 1. The Hall–Kier alpha value is -0.120. The highest BCUT2D eigenvalue weighted by atomic mass is 16.3. The number of rotatable bonds is 9. The first-order valence-electron chi connectivity index (χ1n) is 8.24. The lowest BCUT2D eigenvalue weighted by Gasteiger charge is -2.35. The summed E-state index contributed by atoms with van der Waals surface area (Å²) in [7, 11) is 0. The fourth-order valence-corrected chi connectivity index (χ4v) is 3.16. The molecule has 3 nitrogen and oxygen atoms in total. The van der Waals surface area contributed by atoms with Gasteiger partial charge in [0.05, 0.1) is 6.61 Å². The molecule has 0 aromatic heterocycles. The summed E-state index contributed by atoms with van der Waals surface area (Å²) >= 11 is 0. The molecule has 3 heteroatoms. The molecule has 0 bridgehead atoms. The largest absolute Gasteiger partial charge is 0.394 e. The zero-order valence-corrected chi connectivity index (χ0v) is 13.2. The van der Waals surface area contributed by atoms with Crippen molar-refractivity contribution in [3.63, 3.8) is 0 Å². The van der Waals surface area contributed by atoms with Gasteiger partial charge in [0.25, 0.3) is 0 Å². The number of aliphatic hydroxyl groups is 1. The van der Waals surface area contributed by atoms with Gasteiger partial charge in [0.15, 0.2) is 0 Å². The number of hydrogen-bond acceptors (Lipinski definition) is 3. The third-order valence-corrected chi connectivity index (χ3v) is 4.60. The van der Waals surface area contributed by atoms with E-state index in [1.54, 1.807) is 0 Å². The molecule has 1 fully saturated rings. The molecule has 0 aromatic carbocycles. The molecule has 0 aromatic rings. The fourth-order valence-electron chi connectivity index (χ4n) is 3.16. The second-order valence-corrected chi connectivity index (χ2v) is 6.37. The first kappa shape index (κ1) is 16.9. The second kappa shape index (κ2) is 8.93.